The van der Waals surface area contributed by atoms with Crippen molar-refractivity contribution in [2.45, 2.75) is 70.3 Å². The van der Waals surface area contributed by atoms with Gasteiger partial charge in [0.15, 0.2) is 0 Å². The Balaban J connectivity index is 0.00000225. The van der Waals surface area contributed by atoms with Crippen molar-refractivity contribution >= 4 is 24.2 Å². The molecule has 2 heterocycles. The van der Waals surface area contributed by atoms with Crippen molar-refractivity contribution in [2.75, 3.05) is 32.7 Å². The Morgan fingerprint density at radius 3 is 2.12 bits per heavy atom. The van der Waals surface area contributed by atoms with E-state index < -0.39 is 0 Å². The largest absolute Gasteiger partial charge is 0.339 e. The zero-order valence-corrected chi connectivity index (χ0v) is 16.2. The third-order valence-electron chi connectivity index (χ3n) is 6.04. The molecule has 25 heavy (non-hydrogen) atoms. The molecule has 2 amide bonds. The van der Waals surface area contributed by atoms with Gasteiger partial charge in [-0.25, -0.2) is 0 Å². The maximum absolute atomic E-state index is 12.5. The minimum atomic E-state index is 0. The van der Waals surface area contributed by atoms with Gasteiger partial charge >= 0.3 is 0 Å². The van der Waals surface area contributed by atoms with Crippen molar-refractivity contribution in [1.29, 1.82) is 0 Å². The van der Waals surface area contributed by atoms with Gasteiger partial charge in [0.2, 0.25) is 11.8 Å². The van der Waals surface area contributed by atoms with E-state index in [0.717, 1.165) is 31.7 Å². The van der Waals surface area contributed by atoms with Crippen LogP contribution in [0.3, 0.4) is 0 Å². The molecule has 1 atom stereocenters. The van der Waals surface area contributed by atoms with E-state index in [4.69, 9.17) is 0 Å². The van der Waals surface area contributed by atoms with E-state index in [1.807, 2.05) is 9.80 Å². The normalized spacial score (nSPS) is 25.4. The molecule has 0 aromatic carbocycles. The molecule has 1 N–H and O–H groups in total. The number of nitrogens with one attached hydrogen (secondary N) is 1. The number of piperidine rings is 1. The molecule has 5 nitrogen and oxygen atoms in total. The topological polar surface area (TPSA) is 52.7 Å². The molecule has 3 fully saturated rings. The maximum Gasteiger partial charge on any atom is 0.239 e. The molecule has 6 heteroatoms. The highest BCUT2D eigenvalue weighted by Gasteiger charge is 2.29. The summed E-state index contributed by atoms with van der Waals surface area (Å²) in [6.45, 7) is 3.78. The predicted octanol–water partition coefficient (Wildman–Crippen LogP) is 2.58. The first-order chi connectivity index (χ1) is 11.7. The number of amides is 2. The van der Waals surface area contributed by atoms with Crippen LogP contribution >= 0.6 is 12.4 Å². The number of carbonyl (C=O) groups is 2. The molecule has 3 rings (SSSR count). The van der Waals surface area contributed by atoms with Gasteiger partial charge in [0.25, 0.3) is 0 Å². The Kier molecular flexibility index (Phi) is 8.50. The van der Waals surface area contributed by atoms with Gasteiger partial charge < -0.3 is 15.1 Å². The Labute approximate surface area is 158 Å². The number of piperazine rings is 1. The molecule has 3 aliphatic rings. The van der Waals surface area contributed by atoms with Crippen molar-refractivity contribution in [2.24, 2.45) is 5.92 Å². The Morgan fingerprint density at radius 2 is 1.48 bits per heavy atom. The van der Waals surface area contributed by atoms with Crippen molar-refractivity contribution in [3.05, 3.63) is 0 Å². The van der Waals surface area contributed by atoms with Crippen LogP contribution in [-0.4, -0.2) is 60.4 Å². The fourth-order valence-corrected chi connectivity index (χ4v) is 4.42. The first kappa shape index (κ1) is 20.5. The van der Waals surface area contributed by atoms with Crippen molar-refractivity contribution in [3.8, 4) is 0 Å². The number of halogens is 1. The van der Waals surface area contributed by atoms with E-state index >= 15 is 0 Å². The summed E-state index contributed by atoms with van der Waals surface area (Å²) >= 11 is 0. The van der Waals surface area contributed by atoms with E-state index in [2.05, 4.69) is 5.32 Å². The van der Waals surface area contributed by atoms with Crippen molar-refractivity contribution in [1.82, 2.24) is 15.1 Å². The summed E-state index contributed by atoms with van der Waals surface area (Å²) < 4.78 is 0. The summed E-state index contributed by atoms with van der Waals surface area (Å²) in [5, 5.41) is 3.34. The minimum Gasteiger partial charge on any atom is -0.339 e. The zero-order valence-electron chi connectivity index (χ0n) is 15.4. The molecular weight excluding hydrogens is 338 g/mol. The summed E-state index contributed by atoms with van der Waals surface area (Å²) in [4.78, 5) is 28.9. The third kappa shape index (κ3) is 5.85. The van der Waals surface area contributed by atoms with Gasteiger partial charge in [0.05, 0.1) is 6.04 Å². The molecule has 144 valence electrons. The lowest BCUT2D eigenvalue weighted by molar-refractivity contribution is -0.141. The van der Waals surface area contributed by atoms with Gasteiger partial charge in [-0.3, -0.25) is 9.59 Å². The third-order valence-corrected chi connectivity index (χ3v) is 6.04. The van der Waals surface area contributed by atoms with Gasteiger partial charge in [-0.1, -0.05) is 38.5 Å². The van der Waals surface area contributed by atoms with E-state index in [0.29, 0.717) is 38.5 Å². The second-order valence-electron chi connectivity index (χ2n) is 7.75. The van der Waals surface area contributed by atoms with Crippen LogP contribution < -0.4 is 5.32 Å². The monoisotopic (exact) mass is 371 g/mol. The van der Waals surface area contributed by atoms with Crippen LogP contribution in [0.1, 0.15) is 64.2 Å². The number of hydrogen-bond acceptors (Lipinski definition) is 3. The summed E-state index contributed by atoms with van der Waals surface area (Å²) in [6.07, 6.45) is 11.7. The van der Waals surface area contributed by atoms with E-state index in [1.54, 1.807) is 0 Å². The summed E-state index contributed by atoms with van der Waals surface area (Å²) in [6, 6.07) is 0.00676. The summed E-state index contributed by atoms with van der Waals surface area (Å²) in [7, 11) is 0. The lowest BCUT2D eigenvalue weighted by Crippen LogP contribution is -2.55. The molecule has 2 saturated heterocycles. The van der Waals surface area contributed by atoms with Crippen LogP contribution in [0.15, 0.2) is 0 Å². The van der Waals surface area contributed by atoms with E-state index in [9.17, 15) is 9.59 Å². The van der Waals surface area contributed by atoms with Crippen LogP contribution in [0.5, 0.6) is 0 Å². The fourth-order valence-electron chi connectivity index (χ4n) is 4.42. The second kappa shape index (κ2) is 10.4. The smallest absolute Gasteiger partial charge is 0.239 e. The van der Waals surface area contributed by atoms with Crippen molar-refractivity contribution < 1.29 is 9.59 Å². The SMILES string of the molecule is Cl.O=C(CCC1CCCCC1)N1CCN(C(=O)C2CCCCN2)CC1. The first-order valence-electron chi connectivity index (χ1n) is 10.0. The Hall–Kier alpha value is -0.810. The van der Waals surface area contributed by atoms with Crippen LogP contribution in [0.25, 0.3) is 0 Å². The van der Waals surface area contributed by atoms with Crippen LogP contribution in [-0.2, 0) is 9.59 Å². The predicted molar refractivity (Wildman–Crippen MR) is 102 cm³/mol. The summed E-state index contributed by atoms with van der Waals surface area (Å²) in [5.74, 6) is 1.30. The Morgan fingerprint density at radius 1 is 0.840 bits per heavy atom. The quantitative estimate of drug-likeness (QED) is 0.826. The lowest BCUT2D eigenvalue weighted by Gasteiger charge is -2.37. The number of hydrogen-bond donors (Lipinski definition) is 1. The molecule has 1 unspecified atom stereocenters. The average Bonchev–Trinajstić information content (AvgIpc) is 2.67. The number of rotatable bonds is 4. The lowest BCUT2D eigenvalue weighted by atomic mass is 9.86. The second-order valence-corrected chi connectivity index (χ2v) is 7.75. The van der Waals surface area contributed by atoms with Gasteiger partial charge in [-0.2, -0.15) is 0 Å². The summed E-state index contributed by atoms with van der Waals surface area (Å²) in [5.41, 5.74) is 0. The molecule has 0 radical (unpaired) electrons. The molecular formula is C19H34ClN3O2. The molecule has 1 aliphatic carbocycles. The van der Waals surface area contributed by atoms with E-state index in [1.165, 1.54) is 38.5 Å². The number of carbonyl (C=O) groups excluding carboxylic acids is 2. The van der Waals surface area contributed by atoms with Crippen LogP contribution in [0.2, 0.25) is 0 Å². The average molecular weight is 372 g/mol. The molecule has 1 saturated carbocycles. The highest BCUT2D eigenvalue weighted by molar-refractivity contribution is 5.85. The van der Waals surface area contributed by atoms with Crippen LogP contribution in [0.4, 0.5) is 0 Å². The fraction of sp³-hybridized carbons (Fsp3) is 0.895. The standard InChI is InChI=1S/C19H33N3O2.ClH/c23-18(10-9-16-6-2-1-3-7-16)21-12-14-22(15-13-21)19(24)17-8-4-5-11-20-17;/h16-17,20H,1-15H2;1H. The van der Waals surface area contributed by atoms with Crippen molar-refractivity contribution in [3.63, 3.8) is 0 Å². The van der Waals surface area contributed by atoms with Gasteiger partial charge in [-0.15, -0.1) is 12.4 Å². The van der Waals surface area contributed by atoms with Crippen LogP contribution in [0, 0.1) is 5.92 Å². The highest BCUT2D eigenvalue weighted by atomic mass is 35.5. The molecule has 0 bridgehead atoms. The number of nitrogens with zero attached hydrogens (tertiary/aromatic N) is 2. The Bertz CT molecular complexity index is 426. The molecule has 0 aromatic rings. The van der Waals surface area contributed by atoms with Gasteiger partial charge in [0.1, 0.15) is 0 Å². The maximum atomic E-state index is 12.5. The molecule has 2 aliphatic heterocycles. The van der Waals surface area contributed by atoms with Gasteiger partial charge in [-0.05, 0) is 31.7 Å². The molecule has 0 spiro atoms. The van der Waals surface area contributed by atoms with E-state index in [-0.39, 0.29) is 24.4 Å². The minimum absolute atomic E-state index is 0. The first-order valence-corrected chi connectivity index (χ1v) is 10.0. The highest BCUT2D eigenvalue weighted by Crippen LogP contribution is 2.27. The zero-order chi connectivity index (χ0) is 16.8. The molecule has 0 aromatic heterocycles. The van der Waals surface area contributed by atoms with Gasteiger partial charge in [0, 0.05) is 32.6 Å².